The average Bonchev–Trinajstić information content (AvgIpc) is 2.39. The topological polar surface area (TPSA) is 61.8 Å². The van der Waals surface area contributed by atoms with Crippen molar-refractivity contribution in [3.63, 3.8) is 0 Å². The number of benzene rings is 1. The molecule has 0 saturated carbocycles. The highest BCUT2D eigenvalue weighted by molar-refractivity contribution is 7.98. The molecule has 5 heteroatoms. The second kappa shape index (κ2) is 7.28. The van der Waals surface area contributed by atoms with Crippen molar-refractivity contribution in [1.29, 1.82) is 0 Å². The van der Waals surface area contributed by atoms with Crippen LogP contribution in [0.25, 0.3) is 0 Å². The Morgan fingerprint density at radius 2 is 2.06 bits per heavy atom. The SMILES string of the molecule is CSCC(C)N(C)Cc1ccc(/C(N)=N/O)cc1. The summed E-state index contributed by atoms with van der Waals surface area (Å²) in [5.41, 5.74) is 7.48. The number of nitrogens with zero attached hydrogens (tertiary/aromatic N) is 2. The van der Waals surface area contributed by atoms with Crippen molar-refractivity contribution in [3.05, 3.63) is 35.4 Å². The highest BCUT2D eigenvalue weighted by atomic mass is 32.2. The molecule has 0 amide bonds. The van der Waals surface area contributed by atoms with E-state index in [0.29, 0.717) is 6.04 Å². The zero-order chi connectivity index (χ0) is 13.5. The van der Waals surface area contributed by atoms with Gasteiger partial charge in [0.25, 0.3) is 0 Å². The van der Waals surface area contributed by atoms with Crippen molar-refractivity contribution >= 4 is 17.6 Å². The third-order valence-electron chi connectivity index (χ3n) is 2.95. The number of nitrogens with two attached hydrogens (primary N) is 1. The van der Waals surface area contributed by atoms with E-state index in [0.717, 1.165) is 17.9 Å². The van der Waals surface area contributed by atoms with E-state index in [9.17, 15) is 0 Å². The number of amidine groups is 1. The molecule has 1 aromatic rings. The summed E-state index contributed by atoms with van der Waals surface area (Å²) in [7, 11) is 2.12. The maximum absolute atomic E-state index is 8.59. The molecule has 0 fully saturated rings. The minimum absolute atomic E-state index is 0.144. The number of rotatable bonds is 6. The molecule has 1 aromatic carbocycles. The molecule has 0 heterocycles. The van der Waals surface area contributed by atoms with E-state index >= 15 is 0 Å². The van der Waals surface area contributed by atoms with Gasteiger partial charge in [-0.3, -0.25) is 4.90 Å². The van der Waals surface area contributed by atoms with Crippen molar-refractivity contribution in [2.75, 3.05) is 19.1 Å². The van der Waals surface area contributed by atoms with Gasteiger partial charge >= 0.3 is 0 Å². The zero-order valence-corrected chi connectivity index (χ0v) is 11.9. The first-order valence-corrected chi connectivity index (χ1v) is 7.24. The van der Waals surface area contributed by atoms with Gasteiger partial charge in [-0.25, -0.2) is 0 Å². The molecular formula is C13H21N3OS. The van der Waals surface area contributed by atoms with Crippen molar-refractivity contribution in [1.82, 2.24) is 4.90 Å². The van der Waals surface area contributed by atoms with E-state index in [1.807, 2.05) is 36.0 Å². The lowest BCUT2D eigenvalue weighted by Gasteiger charge is -2.24. The predicted molar refractivity (Wildman–Crippen MR) is 78.3 cm³/mol. The minimum Gasteiger partial charge on any atom is -0.409 e. The zero-order valence-electron chi connectivity index (χ0n) is 11.1. The second-order valence-corrected chi connectivity index (χ2v) is 5.31. The summed E-state index contributed by atoms with van der Waals surface area (Å²) in [6.07, 6.45) is 2.12. The van der Waals surface area contributed by atoms with Gasteiger partial charge in [0, 0.05) is 23.9 Å². The average molecular weight is 267 g/mol. The smallest absolute Gasteiger partial charge is 0.170 e. The van der Waals surface area contributed by atoms with Crippen molar-refractivity contribution in [2.24, 2.45) is 10.9 Å². The first kappa shape index (κ1) is 14.9. The van der Waals surface area contributed by atoms with Gasteiger partial charge in [-0.1, -0.05) is 29.4 Å². The summed E-state index contributed by atoms with van der Waals surface area (Å²) < 4.78 is 0. The summed E-state index contributed by atoms with van der Waals surface area (Å²) in [6, 6.07) is 8.31. The summed E-state index contributed by atoms with van der Waals surface area (Å²) in [6.45, 7) is 3.12. The van der Waals surface area contributed by atoms with Gasteiger partial charge < -0.3 is 10.9 Å². The Hall–Kier alpha value is -1.20. The van der Waals surface area contributed by atoms with E-state index < -0.39 is 0 Å². The molecule has 0 spiro atoms. The summed E-state index contributed by atoms with van der Waals surface area (Å²) in [5, 5.41) is 11.6. The molecule has 0 saturated heterocycles. The van der Waals surface area contributed by atoms with Gasteiger partial charge in [-0.05, 0) is 25.8 Å². The molecule has 0 aromatic heterocycles. The molecule has 0 aliphatic heterocycles. The third-order valence-corrected chi connectivity index (χ3v) is 3.77. The van der Waals surface area contributed by atoms with Gasteiger partial charge in [-0.15, -0.1) is 0 Å². The second-order valence-electron chi connectivity index (χ2n) is 4.40. The van der Waals surface area contributed by atoms with Crippen LogP contribution in [0.1, 0.15) is 18.1 Å². The third kappa shape index (κ3) is 4.23. The van der Waals surface area contributed by atoms with E-state index in [1.54, 1.807) is 0 Å². The molecule has 0 bridgehead atoms. The van der Waals surface area contributed by atoms with Crippen LogP contribution in [-0.4, -0.2) is 41.0 Å². The molecule has 18 heavy (non-hydrogen) atoms. The fourth-order valence-corrected chi connectivity index (χ4v) is 2.39. The van der Waals surface area contributed by atoms with Crippen LogP contribution in [0.15, 0.2) is 29.4 Å². The Labute approximate surface area is 113 Å². The molecule has 1 unspecified atom stereocenters. The minimum atomic E-state index is 0.144. The van der Waals surface area contributed by atoms with Crippen LogP contribution < -0.4 is 5.73 Å². The molecule has 100 valence electrons. The molecule has 0 aliphatic carbocycles. The Morgan fingerprint density at radius 1 is 1.44 bits per heavy atom. The Morgan fingerprint density at radius 3 is 2.56 bits per heavy atom. The van der Waals surface area contributed by atoms with Crippen LogP contribution >= 0.6 is 11.8 Å². The maximum atomic E-state index is 8.59. The highest BCUT2D eigenvalue weighted by Crippen LogP contribution is 2.10. The Bertz CT molecular complexity index is 392. The van der Waals surface area contributed by atoms with Gasteiger partial charge in [-0.2, -0.15) is 11.8 Å². The maximum Gasteiger partial charge on any atom is 0.170 e. The van der Waals surface area contributed by atoms with Crippen LogP contribution in [-0.2, 0) is 6.54 Å². The molecular weight excluding hydrogens is 246 g/mol. The monoisotopic (exact) mass is 267 g/mol. The molecule has 4 nitrogen and oxygen atoms in total. The fraction of sp³-hybridized carbons (Fsp3) is 0.462. The fourth-order valence-electron chi connectivity index (χ4n) is 1.65. The highest BCUT2D eigenvalue weighted by Gasteiger charge is 2.09. The number of oxime groups is 1. The van der Waals surface area contributed by atoms with Crippen LogP contribution in [0, 0.1) is 0 Å². The first-order chi connectivity index (χ1) is 8.58. The van der Waals surface area contributed by atoms with Crippen LogP contribution in [0.3, 0.4) is 0 Å². The van der Waals surface area contributed by atoms with Crippen LogP contribution in [0.2, 0.25) is 0 Å². The van der Waals surface area contributed by atoms with Crippen LogP contribution in [0.5, 0.6) is 0 Å². The quantitative estimate of drug-likeness (QED) is 0.358. The van der Waals surface area contributed by atoms with E-state index in [1.165, 1.54) is 5.56 Å². The van der Waals surface area contributed by atoms with Crippen molar-refractivity contribution in [3.8, 4) is 0 Å². The van der Waals surface area contributed by atoms with Gasteiger partial charge in [0.1, 0.15) is 0 Å². The molecule has 1 rings (SSSR count). The van der Waals surface area contributed by atoms with E-state index in [2.05, 4.69) is 30.3 Å². The normalized spacial score (nSPS) is 13.9. The van der Waals surface area contributed by atoms with Gasteiger partial charge in [0.15, 0.2) is 5.84 Å². The summed E-state index contributed by atoms with van der Waals surface area (Å²) >= 11 is 1.86. The first-order valence-electron chi connectivity index (χ1n) is 5.84. The number of hydrogen-bond donors (Lipinski definition) is 2. The molecule has 1 atom stereocenters. The molecule has 0 aliphatic rings. The Balaban J connectivity index is 2.63. The van der Waals surface area contributed by atoms with Crippen molar-refractivity contribution < 1.29 is 5.21 Å². The van der Waals surface area contributed by atoms with Gasteiger partial charge in [0.2, 0.25) is 0 Å². The lowest BCUT2D eigenvalue weighted by Crippen LogP contribution is -2.30. The largest absolute Gasteiger partial charge is 0.409 e. The predicted octanol–water partition coefficient (Wildman–Crippen LogP) is 1.96. The lowest BCUT2D eigenvalue weighted by atomic mass is 10.1. The summed E-state index contributed by atoms with van der Waals surface area (Å²) in [4.78, 5) is 2.31. The number of thioether (sulfide) groups is 1. The lowest BCUT2D eigenvalue weighted by molar-refractivity contribution is 0.270. The van der Waals surface area contributed by atoms with E-state index in [4.69, 9.17) is 10.9 Å². The number of hydrogen-bond acceptors (Lipinski definition) is 4. The standard InChI is InChI=1S/C13H21N3OS/c1-10(9-18-3)16(2)8-11-4-6-12(7-5-11)13(14)15-17/h4-7,10,17H,8-9H2,1-3H3,(H2,14,15). The van der Waals surface area contributed by atoms with E-state index in [-0.39, 0.29) is 5.84 Å². The molecule has 0 radical (unpaired) electrons. The van der Waals surface area contributed by atoms with Crippen molar-refractivity contribution in [2.45, 2.75) is 19.5 Å². The summed E-state index contributed by atoms with van der Waals surface area (Å²) in [5.74, 6) is 1.27. The van der Waals surface area contributed by atoms with Crippen LogP contribution in [0.4, 0.5) is 0 Å². The Kier molecular flexibility index (Phi) is 6.01. The molecule has 3 N–H and O–H groups in total. The van der Waals surface area contributed by atoms with Gasteiger partial charge in [0.05, 0.1) is 0 Å².